The van der Waals surface area contributed by atoms with Crippen molar-refractivity contribution in [3.05, 3.63) is 118 Å². The number of pyridine rings is 1. The smallest absolute Gasteiger partial charge is 0.170 e. The maximum Gasteiger partial charge on any atom is 0.170 e. The summed E-state index contributed by atoms with van der Waals surface area (Å²) < 4.78 is 2.23. The molecule has 0 saturated carbocycles. The summed E-state index contributed by atoms with van der Waals surface area (Å²) in [5, 5.41) is 5.02. The van der Waals surface area contributed by atoms with Crippen LogP contribution in [0.4, 0.5) is 0 Å². The van der Waals surface area contributed by atoms with Gasteiger partial charge in [-0.1, -0.05) is 60.1 Å². The van der Waals surface area contributed by atoms with E-state index >= 15 is 0 Å². The molecule has 1 N–H and O–H groups in total. The molecule has 0 amide bonds. The van der Waals surface area contributed by atoms with Gasteiger partial charge in [0.25, 0.3) is 0 Å². The first-order valence-corrected chi connectivity index (χ1v) is 11.8. The lowest BCUT2D eigenvalue weighted by molar-refractivity contribution is 0.310. The predicted molar refractivity (Wildman–Crippen MR) is 138 cm³/mol. The van der Waals surface area contributed by atoms with Crippen molar-refractivity contribution in [2.75, 3.05) is 0 Å². The third-order valence-corrected chi connectivity index (χ3v) is 6.95. The SMILES string of the molecule is Cc1cc([C@H]2[C@@H](c3ccccn3)NC(=S)N2Cc2ccccc2)c(C)n1-c1ccccc1Cl. The van der Waals surface area contributed by atoms with E-state index in [-0.39, 0.29) is 12.1 Å². The van der Waals surface area contributed by atoms with E-state index in [1.165, 1.54) is 11.1 Å². The number of aromatic nitrogens is 2. The van der Waals surface area contributed by atoms with Crippen molar-refractivity contribution < 1.29 is 0 Å². The zero-order valence-electron chi connectivity index (χ0n) is 18.6. The van der Waals surface area contributed by atoms with Gasteiger partial charge in [-0.25, -0.2) is 0 Å². The van der Waals surface area contributed by atoms with Gasteiger partial charge in [-0.2, -0.15) is 0 Å². The van der Waals surface area contributed by atoms with Crippen molar-refractivity contribution in [1.29, 1.82) is 0 Å². The average Bonchev–Trinajstić information content (AvgIpc) is 3.30. The highest BCUT2D eigenvalue weighted by Crippen LogP contribution is 2.42. The maximum atomic E-state index is 6.58. The second-order valence-electron chi connectivity index (χ2n) is 8.35. The van der Waals surface area contributed by atoms with Crippen LogP contribution in [0.2, 0.25) is 5.02 Å². The van der Waals surface area contributed by atoms with E-state index in [4.69, 9.17) is 23.8 Å². The summed E-state index contributed by atoms with van der Waals surface area (Å²) >= 11 is 12.4. The van der Waals surface area contributed by atoms with E-state index in [2.05, 4.69) is 76.1 Å². The Balaban J connectivity index is 1.63. The van der Waals surface area contributed by atoms with Gasteiger partial charge in [0, 0.05) is 24.1 Å². The normalized spacial score (nSPS) is 17.9. The van der Waals surface area contributed by atoms with Gasteiger partial charge in [-0.05, 0) is 67.5 Å². The number of rotatable bonds is 5. The number of para-hydroxylation sites is 1. The molecule has 0 aliphatic carbocycles. The molecule has 1 fully saturated rings. The van der Waals surface area contributed by atoms with Crippen molar-refractivity contribution in [3.63, 3.8) is 0 Å². The lowest BCUT2D eigenvalue weighted by Gasteiger charge is -2.28. The molecule has 2 aromatic heterocycles. The summed E-state index contributed by atoms with van der Waals surface area (Å²) in [5.41, 5.74) is 6.67. The molecule has 166 valence electrons. The molecule has 3 heterocycles. The number of halogens is 1. The van der Waals surface area contributed by atoms with Crippen LogP contribution in [0.5, 0.6) is 0 Å². The number of aryl methyl sites for hydroxylation is 1. The second kappa shape index (κ2) is 9.00. The van der Waals surface area contributed by atoms with Crippen LogP contribution in [0.15, 0.2) is 85.1 Å². The second-order valence-corrected chi connectivity index (χ2v) is 9.15. The summed E-state index contributed by atoms with van der Waals surface area (Å²) in [6.45, 7) is 5.00. The molecule has 0 unspecified atom stereocenters. The lowest BCUT2D eigenvalue weighted by atomic mass is 9.96. The predicted octanol–water partition coefficient (Wildman–Crippen LogP) is 6.32. The van der Waals surface area contributed by atoms with Crippen molar-refractivity contribution in [2.24, 2.45) is 0 Å². The maximum absolute atomic E-state index is 6.58. The molecule has 4 aromatic rings. The van der Waals surface area contributed by atoms with Crippen LogP contribution in [0.1, 0.15) is 40.3 Å². The van der Waals surface area contributed by atoms with Crippen LogP contribution >= 0.6 is 23.8 Å². The molecule has 4 nitrogen and oxygen atoms in total. The van der Waals surface area contributed by atoms with Crippen molar-refractivity contribution in [3.8, 4) is 5.69 Å². The Bertz CT molecular complexity index is 1290. The number of hydrogen-bond acceptors (Lipinski definition) is 2. The molecule has 33 heavy (non-hydrogen) atoms. The Morgan fingerprint density at radius 1 is 0.970 bits per heavy atom. The third kappa shape index (κ3) is 4.03. The molecular weight excluding hydrogens is 448 g/mol. The van der Waals surface area contributed by atoms with Gasteiger partial charge < -0.3 is 14.8 Å². The topological polar surface area (TPSA) is 33.1 Å². The van der Waals surface area contributed by atoms with Crippen LogP contribution in [-0.2, 0) is 6.54 Å². The number of nitrogens with zero attached hydrogens (tertiary/aromatic N) is 3. The minimum atomic E-state index is -0.0531. The molecule has 1 aliphatic heterocycles. The van der Waals surface area contributed by atoms with Crippen LogP contribution < -0.4 is 5.32 Å². The van der Waals surface area contributed by atoms with Gasteiger partial charge in [0.1, 0.15) is 0 Å². The van der Waals surface area contributed by atoms with Crippen molar-refractivity contribution >= 4 is 28.9 Å². The van der Waals surface area contributed by atoms with Gasteiger partial charge in [-0.3, -0.25) is 4.98 Å². The van der Waals surface area contributed by atoms with E-state index in [1.54, 1.807) is 0 Å². The fourth-order valence-corrected chi connectivity index (χ4v) is 5.31. The van der Waals surface area contributed by atoms with E-state index in [0.717, 1.165) is 39.4 Å². The zero-order chi connectivity index (χ0) is 22.9. The molecule has 0 radical (unpaired) electrons. The molecule has 1 aliphatic rings. The van der Waals surface area contributed by atoms with Crippen LogP contribution in [0.3, 0.4) is 0 Å². The van der Waals surface area contributed by atoms with Crippen LogP contribution in [0, 0.1) is 13.8 Å². The summed E-state index contributed by atoms with van der Waals surface area (Å²) in [4.78, 5) is 6.95. The zero-order valence-corrected chi connectivity index (χ0v) is 20.1. The minimum absolute atomic E-state index is 0.00459. The van der Waals surface area contributed by atoms with Gasteiger partial charge in [0.2, 0.25) is 0 Å². The summed E-state index contributed by atoms with van der Waals surface area (Å²) in [6.07, 6.45) is 1.84. The van der Waals surface area contributed by atoms with Crippen molar-refractivity contribution in [1.82, 2.24) is 19.8 Å². The van der Waals surface area contributed by atoms with Gasteiger partial charge in [0.15, 0.2) is 5.11 Å². The van der Waals surface area contributed by atoms with Gasteiger partial charge in [0.05, 0.1) is 28.5 Å². The first-order chi connectivity index (χ1) is 16.0. The Morgan fingerprint density at radius 3 is 2.42 bits per heavy atom. The Labute approximate surface area is 204 Å². The Kier molecular flexibility index (Phi) is 5.92. The van der Waals surface area contributed by atoms with Crippen molar-refractivity contribution in [2.45, 2.75) is 32.5 Å². The quantitative estimate of drug-likeness (QED) is 0.345. The summed E-state index contributed by atoms with van der Waals surface area (Å²) in [5.74, 6) is 0. The molecule has 2 aromatic carbocycles. The number of thiocarbonyl (C=S) groups is 1. The monoisotopic (exact) mass is 472 g/mol. The van der Waals surface area contributed by atoms with Gasteiger partial charge >= 0.3 is 0 Å². The van der Waals surface area contributed by atoms with E-state index < -0.39 is 0 Å². The summed E-state index contributed by atoms with van der Waals surface area (Å²) in [6, 6.07) is 26.6. The molecule has 5 rings (SSSR count). The first kappa shape index (κ1) is 21.7. The number of benzene rings is 2. The summed E-state index contributed by atoms with van der Waals surface area (Å²) in [7, 11) is 0. The molecule has 2 atom stereocenters. The van der Waals surface area contributed by atoms with Gasteiger partial charge in [-0.15, -0.1) is 0 Å². The third-order valence-electron chi connectivity index (χ3n) is 6.28. The lowest BCUT2D eigenvalue weighted by Crippen LogP contribution is -2.29. The Hall–Kier alpha value is -3.15. The number of hydrogen-bond donors (Lipinski definition) is 1. The van der Waals surface area contributed by atoms with Crippen LogP contribution in [-0.4, -0.2) is 19.6 Å². The molecule has 6 heteroatoms. The highest BCUT2D eigenvalue weighted by Gasteiger charge is 2.41. The van der Waals surface area contributed by atoms with E-state index in [0.29, 0.717) is 0 Å². The Morgan fingerprint density at radius 2 is 1.70 bits per heavy atom. The molecule has 0 spiro atoms. The first-order valence-electron chi connectivity index (χ1n) is 11.0. The fourth-order valence-electron chi connectivity index (χ4n) is 4.79. The highest BCUT2D eigenvalue weighted by atomic mass is 35.5. The molecular formula is C27H25ClN4S. The van der Waals surface area contributed by atoms with E-state index in [9.17, 15) is 0 Å². The molecule has 0 bridgehead atoms. The van der Waals surface area contributed by atoms with E-state index in [1.807, 2.05) is 42.6 Å². The highest BCUT2D eigenvalue weighted by molar-refractivity contribution is 7.80. The number of nitrogens with one attached hydrogen (secondary N) is 1. The minimum Gasteiger partial charge on any atom is -0.352 e. The molecule has 1 saturated heterocycles. The van der Waals surface area contributed by atoms with Crippen LogP contribution in [0.25, 0.3) is 5.69 Å². The largest absolute Gasteiger partial charge is 0.352 e. The standard InChI is InChI=1S/C27H25ClN4S/c1-18-16-21(19(2)32(18)24-14-7-6-12-22(24)28)26-25(23-13-8-9-15-29-23)30-27(33)31(26)17-20-10-4-3-5-11-20/h3-16,25-26H,17H2,1-2H3,(H,30,33)/t25-,26+/m1/s1. The average molecular weight is 473 g/mol. The fraction of sp³-hybridized carbons (Fsp3) is 0.185.